The van der Waals surface area contributed by atoms with Gasteiger partial charge >= 0.3 is 5.97 Å². The highest BCUT2D eigenvalue weighted by atomic mass is 32.1. The van der Waals surface area contributed by atoms with Crippen molar-refractivity contribution in [3.8, 4) is 5.75 Å². The zero-order valence-electron chi connectivity index (χ0n) is 10.6. The first kappa shape index (κ1) is 15.4. The van der Waals surface area contributed by atoms with Crippen molar-refractivity contribution in [1.82, 2.24) is 5.32 Å². The van der Waals surface area contributed by atoms with E-state index in [1.165, 1.54) is 12.1 Å². The second kappa shape index (κ2) is 7.68. The summed E-state index contributed by atoms with van der Waals surface area (Å²) in [5.41, 5.74) is 0.815. The minimum atomic E-state index is -0.746. The molecule has 0 aliphatic rings. The van der Waals surface area contributed by atoms with Gasteiger partial charge in [0.2, 0.25) is 5.91 Å². The van der Waals surface area contributed by atoms with Crippen LogP contribution in [0.1, 0.15) is 12.5 Å². The zero-order valence-corrected chi connectivity index (χ0v) is 11.5. The molecule has 19 heavy (non-hydrogen) atoms. The Bertz CT molecular complexity index is 433. The molecule has 1 atom stereocenters. The van der Waals surface area contributed by atoms with Crippen molar-refractivity contribution in [1.29, 1.82) is 0 Å². The molecular weight excluding hydrogens is 266 g/mol. The molecule has 0 spiro atoms. The van der Waals surface area contributed by atoms with E-state index < -0.39 is 12.0 Å². The van der Waals surface area contributed by atoms with Gasteiger partial charge in [-0.05, 0) is 24.6 Å². The van der Waals surface area contributed by atoms with E-state index in [2.05, 4.69) is 17.9 Å². The Hall–Kier alpha value is -1.69. The fourth-order valence-corrected chi connectivity index (χ4v) is 1.64. The van der Waals surface area contributed by atoms with Gasteiger partial charge in [0.25, 0.3) is 0 Å². The fourth-order valence-electron chi connectivity index (χ4n) is 1.54. The molecule has 1 aromatic rings. The Kier molecular flexibility index (Phi) is 6.21. The standard InChI is InChI=1S/C13H17NO4S/c1-2-18-13(17)11(14-12(16)8-19)7-9-3-5-10(15)6-4-9/h3-6,11,15,19H,2,7-8H2,1H3,(H,14,16)/t11-/m0/s1. The van der Waals surface area contributed by atoms with Gasteiger partial charge in [-0.2, -0.15) is 12.6 Å². The van der Waals surface area contributed by atoms with Gasteiger partial charge in [-0.3, -0.25) is 4.79 Å². The lowest BCUT2D eigenvalue weighted by Crippen LogP contribution is -2.43. The van der Waals surface area contributed by atoms with Crippen molar-refractivity contribution in [3.05, 3.63) is 29.8 Å². The summed E-state index contributed by atoms with van der Waals surface area (Å²) < 4.78 is 4.92. The molecule has 0 saturated heterocycles. The number of nitrogens with one attached hydrogen (secondary N) is 1. The van der Waals surface area contributed by atoms with E-state index in [0.717, 1.165) is 5.56 Å². The van der Waals surface area contributed by atoms with Gasteiger partial charge in [-0.1, -0.05) is 12.1 Å². The lowest BCUT2D eigenvalue weighted by molar-refractivity contribution is -0.147. The van der Waals surface area contributed by atoms with Gasteiger partial charge in [0.15, 0.2) is 0 Å². The Morgan fingerprint density at radius 2 is 2.00 bits per heavy atom. The molecule has 0 aliphatic carbocycles. The highest BCUT2D eigenvalue weighted by molar-refractivity contribution is 7.81. The number of esters is 1. The van der Waals surface area contributed by atoms with Crippen molar-refractivity contribution in [2.75, 3.05) is 12.4 Å². The number of amides is 1. The molecule has 1 amide bonds. The number of benzene rings is 1. The predicted octanol–water partition coefficient (Wildman–Crippen LogP) is 0.912. The Balaban J connectivity index is 2.75. The normalized spacial score (nSPS) is 11.7. The molecule has 6 heteroatoms. The number of phenolic OH excluding ortho intramolecular Hbond substituents is 1. The highest BCUT2D eigenvalue weighted by Gasteiger charge is 2.21. The van der Waals surface area contributed by atoms with Crippen LogP contribution < -0.4 is 5.32 Å². The second-order valence-corrected chi connectivity index (χ2v) is 4.22. The maximum absolute atomic E-state index is 11.8. The van der Waals surface area contributed by atoms with Crippen molar-refractivity contribution in [2.24, 2.45) is 0 Å². The van der Waals surface area contributed by atoms with E-state index in [0.29, 0.717) is 6.42 Å². The Labute approximate surface area is 117 Å². The molecule has 0 saturated carbocycles. The molecular formula is C13H17NO4S. The van der Waals surface area contributed by atoms with E-state index in [1.54, 1.807) is 19.1 Å². The number of aromatic hydroxyl groups is 1. The average Bonchev–Trinajstić information content (AvgIpc) is 2.40. The topological polar surface area (TPSA) is 75.6 Å². The van der Waals surface area contributed by atoms with Gasteiger partial charge < -0.3 is 15.2 Å². The zero-order chi connectivity index (χ0) is 14.3. The van der Waals surface area contributed by atoms with E-state index in [1.807, 2.05) is 0 Å². The predicted molar refractivity (Wildman–Crippen MR) is 74.2 cm³/mol. The minimum absolute atomic E-state index is 0.00544. The third-order valence-electron chi connectivity index (χ3n) is 2.43. The first-order valence-corrected chi connectivity index (χ1v) is 6.54. The molecule has 0 aliphatic heterocycles. The van der Waals surface area contributed by atoms with Crippen LogP contribution in [0.2, 0.25) is 0 Å². The van der Waals surface area contributed by atoms with Crippen LogP contribution in [0.15, 0.2) is 24.3 Å². The van der Waals surface area contributed by atoms with Crippen molar-refractivity contribution in [2.45, 2.75) is 19.4 Å². The van der Waals surface area contributed by atoms with E-state index in [-0.39, 0.29) is 24.0 Å². The number of carbonyl (C=O) groups excluding carboxylic acids is 2. The van der Waals surface area contributed by atoms with E-state index in [4.69, 9.17) is 4.74 Å². The van der Waals surface area contributed by atoms with Gasteiger partial charge in [-0.25, -0.2) is 4.79 Å². The molecule has 0 aromatic heterocycles. The second-order valence-electron chi connectivity index (χ2n) is 3.90. The molecule has 5 nitrogen and oxygen atoms in total. The quantitative estimate of drug-likeness (QED) is 0.536. The minimum Gasteiger partial charge on any atom is -0.508 e. The first-order chi connectivity index (χ1) is 9.06. The summed E-state index contributed by atoms with van der Waals surface area (Å²) in [7, 11) is 0. The lowest BCUT2D eigenvalue weighted by atomic mass is 10.1. The molecule has 0 radical (unpaired) electrons. The van der Waals surface area contributed by atoms with Crippen LogP contribution in [0.4, 0.5) is 0 Å². The number of phenols is 1. The number of ether oxygens (including phenoxy) is 1. The molecule has 104 valence electrons. The van der Waals surface area contributed by atoms with Crippen LogP contribution in [0.25, 0.3) is 0 Å². The van der Waals surface area contributed by atoms with Gasteiger partial charge in [-0.15, -0.1) is 0 Å². The van der Waals surface area contributed by atoms with Crippen LogP contribution in [0.3, 0.4) is 0 Å². The molecule has 2 N–H and O–H groups in total. The van der Waals surface area contributed by atoms with Crippen LogP contribution in [0.5, 0.6) is 5.75 Å². The summed E-state index contributed by atoms with van der Waals surface area (Å²) in [6.45, 7) is 1.96. The maximum Gasteiger partial charge on any atom is 0.328 e. The Morgan fingerprint density at radius 1 is 1.37 bits per heavy atom. The number of carbonyl (C=O) groups is 2. The number of thiol groups is 1. The van der Waals surface area contributed by atoms with Gasteiger partial charge in [0.05, 0.1) is 12.4 Å². The van der Waals surface area contributed by atoms with Gasteiger partial charge in [0.1, 0.15) is 11.8 Å². The summed E-state index contributed by atoms with van der Waals surface area (Å²) in [5, 5.41) is 11.8. The molecule has 0 unspecified atom stereocenters. The summed E-state index contributed by atoms with van der Waals surface area (Å²) >= 11 is 3.85. The fraction of sp³-hybridized carbons (Fsp3) is 0.385. The van der Waals surface area contributed by atoms with Gasteiger partial charge in [0, 0.05) is 6.42 Å². The monoisotopic (exact) mass is 283 g/mol. The Morgan fingerprint density at radius 3 is 2.53 bits per heavy atom. The van der Waals surface area contributed by atoms with E-state index >= 15 is 0 Å². The van der Waals surface area contributed by atoms with E-state index in [9.17, 15) is 14.7 Å². The first-order valence-electron chi connectivity index (χ1n) is 5.91. The number of rotatable bonds is 6. The molecule has 0 fully saturated rings. The van der Waals surface area contributed by atoms with Crippen molar-refractivity contribution < 1.29 is 19.4 Å². The molecule has 1 rings (SSSR count). The molecule has 0 bridgehead atoms. The van der Waals surface area contributed by atoms with Crippen LogP contribution >= 0.6 is 12.6 Å². The SMILES string of the molecule is CCOC(=O)[C@H](Cc1ccc(O)cc1)NC(=O)CS. The smallest absolute Gasteiger partial charge is 0.328 e. The third-order valence-corrected chi connectivity index (χ3v) is 2.71. The summed E-state index contributed by atoms with van der Waals surface area (Å²) in [6.07, 6.45) is 0.304. The molecule has 1 aromatic carbocycles. The van der Waals surface area contributed by atoms with Crippen LogP contribution in [-0.4, -0.2) is 35.4 Å². The lowest BCUT2D eigenvalue weighted by Gasteiger charge is -2.17. The summed E-state index contributed by atoms with van der Waals surface area (Å²) in [6, 6.07) is 5.68. The van der Waals surface area contributed by atoms with Crippen molar-refractivity contribution in [3.63, 3.8) is 0 Å². The third kappa shape index (κ3) is 5.21. The number of hydrogen-bond donors (Lipinski definition) is 3. The van der Waals surface area contributed by atoms with Crippen LogP contribution in [-0.2, 0) is 20.7 Å². The average molecular weight is 283 g/mol. The highest BCUT2D eigenvalue weighted by Crippen LogP contribution is 2.12. The van der Waals surface area contributed by atoms with Crippen LogP contribution in [0, 0.1) is 0 Å². The summed E-state index contributed by atoms with van der Waals surface area (Å²) in [5.74, 6) is -0.660. The maximum atomic E-state index is 11.8. The molecule has 0 heterocycles. The number of hydrogen-bond acceptors (Lipinski definition) is 5. The summed E-state index contributed by atoms with van der Waals surface area (Å²) in [4.78, 5) is 23.1. The van der Waals surface area contributed by atoms with Crippen molar-refractivity contribution >= 4 is 24.5 Å². The largest absolute Gasteiger partial charge is 0.508 e.